The van der Waals surface area contributed by atoms with Gasteiger partial charge < -0.3 is 56.4 Å². The Morgan fingerprint density at radius 3 is 1.17 bits per heavy atom. The molecule has 0 aliphatic heterocycles. The molecule has 474 valence electrons. The average Bonchev–Trinajstić information content (AvgIpc) is 2.06. The first kappa shape index (κ1) is 70.1. The van der Waals surface area contributed by atoms with Gasteiger partial charge in [0.1, 0.15) is 17.5 Å². The Labute approximate surface area is 548 Å². The van der Waals surface area contributed by atoms with E-state index in [4.69, 9.17) is 58.0 Å². The molecule has 9 rings (SSSR count). The highest BCUT2D eigenvalue weighted by molar-refractivity contribution is 6.34. The number of aryl methyl sites for hydroxylation is 1. The number of aromatic amines is 3. The van der Waals surface area contributed by atoms with Gasteiger partial charge in [-0.2, -0.15) is 0 Å². The molecule has 0 amide bonds. The van der Waals surface area contributed by atoms with Crippen LogP contribution in [0.2, 0.25) is 25.1 Å². The molecule has 0 saturated heterocycles. The number of halogens is 5. The molecule has 11 N–H and O–H groups in total. The third-order valence-electron chi connectivity index (χ3n) is 14.7. The van der Waals surface area contributed by atoms with E-state index in [1.165, 1.54) is 6.20 Å². The summed E-state index contributed by atoms with van der Waals surface area (Å²) < 4.78 is 0. The largest absolute Gasteiger partial charge is 0.396 e. The number of pyridine rings is 3. The number of aliphatic hydroxyl groups is 5. The molecular weight excluding hydrogens is 1250 g/mol. The smallest absolute Gasteiger partial charge is 0.179 e. The van der Waals surface area contributed by atoms with Crippen molar-refractivity contribution in [2.75, 3.05) is 49.0 Å². The van der Waals surface area contributed by atoms with E-state index in [1.807, 2.05) is 83.1 Å². The Kier molecular flexibility index (Phi) is 26.6. The summed E-state index contributed by atoms with van der Waals surface area (Å²) in [5.41, 5.74) is 9.59. The fourth-order valence-corrected chi connectivity index (χ4v) is 10.8. The van der Waals surface area contributed by atoms with Gasteiger partial charge in [0.05, 0.1) is 71.2 Å². The van der Waals surface area contributed by atoms with Crippen LogP contribution in [0.15, 0.2) is 146 Å². The maximum Gasteiger partial charge on any atom is 0.179 e. The second-order valence-corrected chi connectivity index (χ2v) is 24.2. The number of hydrogen-bond acceptors (Lipinski definition) is 14. The fourth-order valence-electron chi connectivity index (χ4n) is 9.74. The van der Waals surface area contributed by atoms with Gasteiger partial charge in [-0.3, -0.25) is 14.4 Å². The molecule has 0 aliphatic rings. The number of rotatable bonds is 27. The first-order chi connectivity index (χ1) is 43.2. The molecule has 3 aromatic carbocycles. The van der Waals surface area contributed by atoms with Gasteiger partial charge in [0, 0.05) is 130 Å². The van der Waals surface area contributed by atoms with Gasteiger partial charge in [-0.15, -0.1) is 0 Å². The molecular formula is C68H74Cl5N9O8. The molecule has 5 atom stereocenters. The zero-order valence-electron chi connectivity index (χ0n) is 50.4. The zero-order chi connectivity index (χ0) is 65.0. The minimum absolute atomic E-state index is 0.00239. The first-order valence-electron chi connectivity index (χ1n) is 29.3. The molecule has 0 saturated carbocycles. The van der Waals surface area contributed by atoms with Crippen LogP contribution in [0.1, 0.15) is 125 Å². The summed E-state index contributed by atoms with van der Waals surface area (Å²) >= 11 is 31.1. The van der Waals surface area contributed by atoms with Crippen LogP contribution in [-0.2, 0) is 0 Å². The van der Waals surface area contributed by atoms with Crippen LogP contribution >= 0.6 is 58.0 Å². The molecule has 0 bridgehead atoms. The lowest BCUT2D eigenvalue weighted by Crippen LogP contribution is -2.23. The second-order valence-electron chi connectivity index (χ2n) is 22.1. The number of aliphatic hydroxyl groups excluding tert-OH is 5. The van der Waals surface area contributed by atoms with Crippen molar-refractivity contribution < 1.29 is 39.9 Å². The van der Waals surface area contributed by atoms with Crippen molar-refractivity contribution >= 4 is 92.8 Å². The maximum absolute atomic E-state index is 12.8. The van der Waals surface area contributed by atoms with Crippen molar-refractivity contribution in [3.63, 3.8) is 0 Å². The standard InChI is InChI=1S/C23H25Cl2N3O3.C23H26ClN3O3.C22H23Cl2N3O2/c1-2-18(13-30)28-23-9-19(20(25)11-27-23)15-7-21(26-10-15)22(31)8-16(12-29)14-4-3-5-17(24)6-14;1-14-4-3-5-16(6-14)18(13-29)8-22(30)21-7-17(10-25-21)19-9-23(26-11-20(19)24)27-15(2)12-28;1-13(2)27-22-9-18(19(24)11-26-22)15-7-20(25-10-15)21(29)8-16(12-28)14-4-3-5-17(23)6-14/h3-7,9-11,16,18,26,29-30H,2,8,12-13H2,1H3,(H,27,28);3-7,9-11,15,18,25,28-29H,8,12-13H2,1-2H3,(H,26,27);3-7,9-11,13,16,25,28H,8,12H2,1-2H3,(H,26,27)/t16-,18+;15-,18-;16-/m110/s1. The number of benzene rings is 3. The number of ketones is 3. The average molecular weight is 1320 g/mol. The third-order valence-corrected chi connectivity index (χ3v) is 16.1. The Hall–Kier alpha value is -7.39. The van der Waals surface area contributed by atoms with Crippen LogP contribution in [0.5, 0.6) is 0 Å². The highest BCUT2D eigenvalue weighted by Crippen LogP contribution is 2.35. The van der Waals surface area contributed by atoms with Crippen molar-refractivity contribution in [2.45, 2.75) is 96.2 Å². The molecule has 0 radical (unpaired) electrons. The summed E-state index contributed by atoms with van der Waals surface area (Å²) in [5.74, 6) is 0.669. The number of aromatic nitrogens is 6. The minimum atomic E-state index is -0.345. The van der Waals surface area contributed by atoms with E-state index in [9.17, 15) is 39.9 Å². The molecule has 0 unspecified atom stereocenters. The van der Waals surface area contributed by atoms with Crippen molar-refractivity contribution in [3.05, 3.63) is 211 Å². The van der Waals surface area contributed by atoms with Gasteiger partial charge in [0.2, 0.25) is 0 Å². The van der Waals surface area contributed by atoms with Gasteiger partial charge in [0.15, 0.2) is 17.3 Å². The van der Waals surface area contributed by atoms with Crippen LogP contribution in [0.25, 0.3) is 33.4 Å². The Balaban J connectivity index is 0.000000192. The van der Waals surface area contributed by atoms with E-state index < -0.39 is 0 Å². The highest BCUT2D eigenvalue weighted by atomic mass is 35.5. The maximum atomic E-state index is 12.8. The number of Topliss-reactive ketones (excluding diaryl/α,β-unsaturated/α-hetero) is 3. The van der Waals surface area contributed by atoms with Crippen LogP contribution in [-0.4, -0.2) is 124 Å². The van der Waals surface area contributed by atoms with Crippen molar-refractivity contribution in [3.8, 4) is 33.4 Å². The molecule has 90 heavy (non-hydrogen) atoms. The van der Waals surface area contributed by atoms with E-state index in [0.717, 1.165) is 67.9 Å². The van der Waals surface area contributed by atoms with Crippen LogP contribution in [0, 0.1) is 6.92 Å². The van der Waals surface area contributed by atoms with Crippen LogP contribution in [0.4, 0.5) is 17.5 Å². The third kappa shape index (κ3) is 19.8. The van der Waals surface area contributed by atoms with Crippen molar-refractivity contribution in [2.24, 2.45) is 0 Å². The van der Waals surface area contributed by atoms with E-state index in [1.54, 1.807) is 91.6 Å². The van der Waals surface area contributed by atoms with Gasteiger partial charge in [0.25, 0.3) is 0 Å². The number of hydrogen-bond donors (Lipinski definition) is 11. The first-order valence-corrected chi connectivity index (χ1v) is 31.2. The van der Waals surface area contributed by atoms with Crippen LogP contribution in [0.3, 0.4) is 0 Å². The quantitative estimate of drug-likeness (QED) is 0.0214. The Morgan fingerprint density at radius 1 is 0.467 bits per heavy atom. The van der Waals surface area contributed by atoms with Gasteiger partial charge in [-0.25, -0.2) is 15.0 Å². The zero-order valence-corrected chi connectivity index (χ0v) is 54.2. The second kappa shape index (κ2) is 34.2. The molecule has 6 heterocycles. The number of carbonyl (C=O) groups excluding carboxylic acids is 3. The number of H-pyrrole nitrogens is 3. The number of nitrogens with one attached hydrogen (secondary N) is 6. The predicted molar refractivity (Wildman–Crippen MR) is 361 cm³/mol. The minimum Gasteiger partial charge on any atom is -0.396 e. The summed E-state index contributed by atoms with van der Waals surface area (Å²) in [7, 11) is 0. The Bertz CT molecular complexity index is 3830. The predicted octanol–water partition coefficient (Wildman–Crippen LogP) is 14.6. The molecule has 0 aliphatic carbocycles. The van der Waals surface area contributed by atoms with E-state index >= 15 is 0 Å². The monoisotopic (exact) mass is 1320 g/mol. The number of nitrogens with zero attached hydrogens (tertiary/aromatic N) is 3. The van der Waals surface area contributed by atoms with Gasteiger partial charge in [-0.05, 0) is 111 Å². The summed E-state index contributed by atoms with van der Waals surface area (Å²) in [6.45, 7) is 9.44. The number of carbonyl (C=O) groups is 3. The summed E-state index contributed by atoms with van der Waals surface area (Å²) in [4.78, 5) is 60.3. The molecule has 0 spiro atoms. The lowest BCUT2D eigenvalue weighted by atomic mass is 9.92. The van der Waals surface area contributed by atoms with Gasteiger partial charge >= 0.3 is 0 Å². The van der Waals surface area contributed by atoms with E-state index in [-0.39, 0.29) is 106 Å². The molecule has 0 fully saturated rings. The van der Waals surface area contributed by atoms with Crippen molar-refractivity contribution in [1.29, 1.82) is 0 Å². The van der Waals surface area contributed by atoms with Gasteiger partial charge in [-0.1, -0.05) is 119 Å². The molecule has 6 aromatic heterocycles. The highest BCUT2D eigenvalue weighted by Gasteiger charge is 2.23. The normalized spacial score (nSPS) is 12.8. The molecule has 17 nitrogen and oxygen atoms in total. The lowest BCUT2D eigenvalue weighted by Gasteiger charge is -2.15. The molecule has 9 aromatic rings. The SMILES string of the molecule is CC(C)Nc1cc(-c2c[nH]c(C(=O)C[C@@H](CO)c3cccc(Cl)c3)c2)c(Cl)cn1.CC[C@@H](CO)Nc1cc(-c2c[nH]c(C(=O)C[C@H](CO)c3cccc(Cl)c3)c2)c(Cl)cn1.Cc1cccc([C@@H](CO)CC(=O)c2cc(-c3cc(N[C@H](C)CO)ncc3Cl)c[nH]2)c1. The van der Waals surface area contributed by atoms with E-state index in [2.05, 4.69) is 45.9 Å². The van der Waals surface area contributed by atoms with Crippen molar-refractivity contribution in [1.82, 2.24) is 29.9 Å². The van der Waals surface area contributed by atoms with Crippen LogP contribution < -0.4 is 16.0 Å². The Morgan fingerprint density at radius 2 is 0.833 bits per heavy atom. The summed E-state index contributed by atoms with van der Waals surface area (Å²) in [6.07, 6.45) is 11.1. The summed E-state index contributed by atoms with van der Waals surface area (Å²) in [5, 5.41) is 60.0. The number of anilines is 3. The lowest BCUT2D eigenvalue weighted by molar-refractivity contribution is 0.0948. The topological polar surface area (TPSA) is 274 Å². The fraction of sp³-hybridized carbons (Fsp3) is 0.294. The van der Waals surface area contributed by atoms with E-state index in [0.29, 0.717) is 53.8 Å². The summed E-state index contributed by atoms with van der Waals surface area (Å²) in [6, 6.07) is 32.9. The molecule has 22 heteroatoms.